The summed E-state index contributed by atoms with van der Waals surface area (Å²) in [4.78, 5) is 7.10. The summed E-state index contributed by atoms with van der Waals surface area (Å²) in [6.45, 7) is 3.67. The van der Waals surface area contributed by atoms with E-state index in [1.165, 1.54) is 23.3 Å². The van der Waals surface area contributed by atoms with E-state index < -0.39 is 0 Å². The van der Waals surface area contributed by atoms with Crippen LogP contribution >= 0.6 is 0 Å². The van der Waals surface area contributed by atoms with Crippen LogP contribution < -0.4 is 0 Å². The van der Waals surface area contributed by atoms with E-state index in [2.05, 4.69) is 59.8 Å². The molecular formula is C23H22FN3. The monoisotopic (exact) mass is 359 g/mol. The Morgan fingerprint density at radius 2 is 1.67 bits per heavy atom. The maximum Gasteiger partial charge on any atom is 0.137 e. The van der Waals surface area contributed by atoms with Gasteiger partial charge in [-0.15, -0.1) is 0 Å². The molecular weight excluding hydrogens is 337 g/mol. The molecule has 4 rings (SSSR count). The summed E-state index contributed by atoms with van der Waals surface area (Å²) in [5.74, 6) is -0.235. The number of aryl methyl sites for hydroxylation is 1. The number of fused-ring (bicyclic) bond motifs is 1. The van der Waals surface area contributed by atoms with Crippen molar-refractivity contribution in [1.82, 2.24) is 14.3 Å². The fraction of sp³-hybridized carbons (Fsp3) is 0.174. The molecule has 0 fully saturated rings. The van der Waals surface area contributed by atoms with Gasteiger partial charge in [-0.3, -0.25) is 4.90 Å². The summed E-state index contributed by atoms with van der Waals surface area (Å²) < 4.78 is 15.5. The molecule has 0 bridgehead atoms. The Morgan fingerprint density at radius 3 is 2.41 bits per heavy atom. The molecule has 0 atom stereocenters. The second kappa shape index (κ2) is 7.33. The third-order valence-corrected chi connectivity index (χ3v) is 4.70. The number of rotatable bonds is 5. The summed E-state index contributed by atoms with van der Waals surface area (Å²) >= 11 is 0. The van der Waals surface area contributed by atoms with E-state index in [4.69, 9.17) is 4.98 Å². The van der Waals surface area contributed by atoms with Gasteiger partial charge in [0.05, 0.1) is 11.4 Å². The molecule has 0 spiro atoms. The number of hydrogen-bond acceptors (Lipinski definition) is 2. The van der Waals surface area contributed by atoms with Gasteiger partial charge in [0.2, 0.25) is 0 Å². The van der Waals surface area contributed by atoms with Crippen molar-refractivity contribution >= 4 is 5.65 Å². The van der Waals surface area contributed by atoms with Gasteiger partial charge in [-0.1, -0.05) is 36.4 Å². The average molecular weight is 359 g/mol. The van der Waals surface area contributed by atoms with Crippen molar-refractivity contribution < 1.29 is 4.39 Å². The molecule has 0 aliphatic heterocycles. The normalized spacial score (nSPS) is 11.4. The third kappa shape index (κ3) is 3.76. The Hall–Kier alpha value is -2.98. The highest BCUT2D eigenvalue weighted by atomic mass is 19.1. The number of halogens is 1. The molecule has 27 heavy (non-hydrogen) atoms. The van der Waals surface area contributed by atoms with Crippen LogP contribution in [0.25, 0.3) is 16.9 Å². The molecule has 136 valence electrons. The van der Waals surface area contributed by atoms with E-state index in [-0.39, 0.29) is 5.82 Å². The van der Waals surface area contributed by atoms with Crippen molar-refractivity contribution in [2.24, 2.45) is 0 Å². The lowest BCUT2D eigenvalue weighted by Crippen LogP contribution is -2.18. The third-order valence-electron chi connectivity index (χ3n) is 4.70. The minimum absolute atomic E-state index is 0.235. The average Bonchev–Trinajstić information content (AvgIpc) is 3.01. The molecule has 0 radical (unpaired) electrons. The Kier molecular flexibility index (Phi) is 4.73. The fourth-order valence-electron chi connectivity index (χ4n) is 3.40. The van der Waals surface area contributed by atoms with Gasteiger partial charge in [0, 0.05) is 24.8 Å². The summed E-state index contributed by atoms with van der Waals surface area (Å²) in [6.07, 6.45) is 2.11. The Balaban J connectivity index is 1.73. The molecule has 0 saturated heterocycles. The van der Waals surface area contributed by atoms with Crippen LogP contribution in [0, 0.1) is 12.7 Å². The summed E-state index contributed by atoms with van der Waals surface area (Å²) in [5, 5.41) is 0. The van der Waals surface area contributed by atoms with Crippen LogP contribution in [0.2, 0.25) is 0 Å². The molecule has 0 aliphatic carbocycles. The number of imidazole rings is 1. The highest BCUT2D eigenvalue weighted by Gasteiger charge is 2.16. The number of benzene rings is 2. The number of pyridine rings is 1. The number of hydrogen-bond donors (Lipinski definition) is 0. The molecule has 2 heterocycles. The first-order valence-electron chi connectivity index (χ1n) is 9.06. The smallest absolute Gasteiger partial charge is 0.137 e. The number of aromatic nitrogens is 2. The molecule has 0 aliphatic rings. The standard InChI is InChI=1S/C23H22FN3/c1-17-8-13-22-25-23(19-9-11-20(24)12-10-19)21(27(22)14-17)16-26(2)15-18-6-4-3-5-7-18/h3-14H,15-16H2,1-2H3. The van der Waals surface area contributed by atoms with Gasteiger partial charge in [0.1, 0.15) is 11.5 Å². The van der Waals surface area contributed by atoms with Crippen molar-refractivity contribution in [3.8, 4) is 11.3 Å². The van der Waals surface area contributed by atoms with E-state index in [9.17, 15) is 4.39 Å². The van der Waals surface area contributed by atoms with Gasteiger partial charge in [-0.05, 0) is 55.4 Å². The van der Waals surface area contributed by atoms with Crippen LogP contribution in [-0.4, -0.2) is 21.3 Å². The molecule has 2 aromatic carbocycles. The van der Waals surface area contributed by atoms with Crippen LogP contribution in [0.5, 0.6) is 0 Å². The summed E-state index contributed by atoms with van der Waals surface area (Å²) in [6, 6.07) is 21.1. The van der Waals surface area contributed by atoms with Crippen LogP contribution in [0.4, 0.5) is 4.39 Å². The first kappa shape index (κ1) is 17.4. The number of nitrogens with zero attached hydrogens (tertiary/aromatic N) is 3. The molecule has 3 nitrogen and oxygen atoms in total. The molecule has 4 aromatic rings. The largest absolute Gasteiger partial charge is 0.302 e. The molecule has 0 amide bonds. The van der Waals surface area contributed by atoms with Gasteiger partial charge in [0.15, 0.2) is 0 Å². The predicted octanol–water partition coefficient (Wildman–Crippen LogP) is 5.08. The Bertz CT molecular complexity index is 1050. The van der Waals surface area contributed by atoms with Gasteiger partial charge >= 0.3 is 0 Å². The van der Waals surface area contributed by atoms with E-state index in [0.29, 0.717) is 0 Å². The van der Waals surface area contributed by atoms with Crippen LogP contribution in [0.1, 0.15) is 16.8 Å². The molecule has 0 saturated carbocycles. The van der Waals surface area contributed by atoms with Gasteiger partial charge in [-0.25, -0.2) is 9.37 Å². The fourth-order valence-corrected chi connectivity index (χ4v) is 3.40. The Labute approximate surface area is 158 Å². The van der Waals surface area contributed by atoms with Gasteiger partial charge in [0.25, 0.3) is 0 Å². The SMILES string of the molecule is Cc1ccc2nc(-c3ccc(F)cc3)c(CN(C)Cc3ccccc3)n2c1. The lowest BCUT2D eigenvalue weighted by Gasteiger charge is -2.18. The Morgan fingerprint density at radius 1 is 0.926 bits per heavy atom. The highest BCUT2D eigenvalue weighted by Crippen LogP contribution is 2.26. The quantitative estimate of drug-likeness (QED) is 0.495. The first-order chi connectivity index (χ1) is 13.1. The zero-order chi connectivity index (χ0) is 18.8. The topological polar surface area (TPSA) is 20.5 Å². The van der Waals surface area contributed by atoms with E-state index in [0.717, 1.165) is 35.7 Å². The van der Waals surface area contributed by atoms with Crippen molar-refractivity contribution in [2.75, 3.05) is 7.05 Å². The van der Waals surface area contributed by atoms with Gasteiger partial charge in [-0.2, -0.15) is 0 Å². The van der Waals surface area contributed by atoms with Crippen molar-refractivity contribution in [3.63, 3.8) is 0 Å². The van der Waals surface area contributed by atoms with E-state index in [1.807, 2.05) is 12.1 Å². The van der Waals surface area contributed by atoms with Crippen molar-refractivity contribution in [1.29, 1.82) is 0 Å². The lowest BCUT2D eigenvalue weighted by molar-refractivity contribution is 0.314. The summed E-state index contributed by atoms with van der Waals surface area (Å²) in [5.41, 5.74) is 6.30. The second-order valence-electron chi connectivity index (χ2n) is 7.01. The lowest BCUT2D eigenvalue weighted by atomic mass is 10.1. The molecule has 2 aromatic heterocycles. The second-order valence-corrected chi connectivity index (χ2v) is 7.01. The summed E-state index contributed by atoms with van der Waals surface area (Å²) in [7, 11) is 2.11. The minimum Gasteiger partial charge on any atom is -0.302 e. The zero-order valence-electron chi connectivity index (χ0n) is 15.6. The van der Waals surface area contributed by atoms with Crippen molar-refractivity contribution in [3.05, 3.63) is 95.6 Å². The van der Waals surface area contributed by atoms with Crippen molar-refractivity contribution in [2.45, 2.75) is 20.0 Å². The maximum atomic E-state index is 13.4. The minimum atomic E-state index is -0.235. The van der Waals surface area contributed by atoms with Crippen LogP contribution in [-0.2, 0) is 13.1 Å². The maximum absolute atomic E-state index is 13.4. The van der Waals surface area contributed by atoms with E-state index >= 15 is 0 Å². The van der Waals surface area contributed by atoms with E-state index in [1.54, 1.807) is 12.1 Å². The van der Waals surface area contributed by atoms with Crippen LogP contribution in [0.15, 0.2) is 72.9 Å². The molecule has 0 unspecified atom stereocenters. The van der Waals surface area contributed by atoms with Gasteiger partial charge < -0.3 is 4.40 Å². The predicted molar refractivity (Wildman–Crippen MR) is 107 cm³/mol. The zero-order valence-corrected chi connectivity index (χ0v) is 15.6. The first-order valence-corrected chi connectivity index (χ1v) is 9.06. The van der Waals surface area contributed by atoms with Crippen LogP contribution in [0.3, 0.4) is 0 Å². The molecule has 0 N–H and O–H groups in total. The highest BCUT2D eigenvalue weighted by molar-refractivity contribution is 5.66. The molecule has 4 heteroatoms.